The molecule has 10 N–H and O–H groups in total. The fraction of sp³-hybridized carbons (Fsp3) is 0.464. The summed E-state index contributed by atoms with van der Waals surface area (Å²) in [5, 5.41) is 100. The lowest BCUT2D eigenvalue weighted by molar-refractivity contribution is -0.323. The summed E-state index contributed by atoms with van der Waals surface area (Å²) >= 11 is 0. The summed E-state index contributed by atoms with van der Waals surface area (Å²) in [5.41, 5.74) is 0.464. The van der Waals surface area contributed by atoms with Crippen LogP contribution in [-0.2, 0) is 28.5 Å². The highest BCUT2D eigenvalue weighted by atomic mass is 16.7. The molecule has 0 saturated carbocycles. The zero-order valence-corrected chi connectivity index (χ0v) is 22.9. The molecule has 2 fully saturated rings. The maximum Gasteiger partial charge on any atom is 0.331 e. The first-order valence-electron chi connectivity index (χ1n) is 13.4. The highest BCUT2D eigenvalue weighted by Gasteiger charge is 2.48. The van der Waals surface area contributed by atoms with Gasteiger partial charge < -0.3 is 74.7 Å². The third kappa shape index (κ3) is 7.93. The molecule has 2 aliphatic rings. The number of rotatable bonds is 10. The first-order chi connectivity index (χ1) is 20.8. The number of aliphatic hydroxyl groups is 6. The van der Waals surface area contributed by atoms with Gasteiger partial charge in [0.15, 0.2) is 41.7 Å². The summed E-state index contributed by atoms with van der Waals surface area (Å²) in [4.78, 5) is 12.6. The van der Waals surface area contributed by atoms with Crippen molar-refractivity contribution in [2.24, 2.45) is 0 Å². The van der Waals surface area contributed by atoms with Crippen molar-refractivity contribution in [2.75, 3.05) is 19.8 Å². The van der Waals surface area contributed by atoms with Crippen molar-refractivity contribution in [3.8, 4) is 23.0 Å². The highest BCUT2D eigenvalue weighted by molar-refractivity contribution is 5.87. The number of carbonyl (C=O) groups is 1. The Bertz CT molecular complexity index is 1300. The number of benzene rings is 2. The Balaban J connectivity index is 1.46. The maximum atomic E-state index is 12.6. The van der Waals surface area contributed by atoms with Gasteiger partial charge >= 0.3 is 5.97 Å². The number of esters is 1. The second kappa shape index (κ2) is 14.5. The van der Waals surface area contributed by atoms with E-state index in [1.165, 1.54) is 30.3 Å². The first-order valence-corrected chi connectivity index (χ1v) is 13.4. The van der Waals surface area contributed by atoms with E-state index in [9.17, 15) is 55.9 Å². The van der Waals surface area contributed by atoms with E-state index in [-0.39, 0.29) is 17.9 Å². The van der Waals surface area contributed by atoms with Gasteiger partial charge in [0, 0.05) is 6.08 Å². The Morgan fingerprint density at radius 3 is 2.18 bits per heavy atom. The fourth-order valence-electron chi connectivity index (χ4n) is 4.45. The van der Waals surface area contributed by atoms with Crippen molar-refractivity contribution in [2.45, 2.75) is 61.4 Å². The molecule has 4 rings (SSSR count). The molecule has 0 aromatic heterocycles. The third-order valence-electron chi connectivity index (χ3n) is 6.99. The zero-order chi connectivity index (χ0) is 32.1. The number of hydrogen-bond donors (Lipinski definition) is 10. The van der Waals surface area contributed by atoms with E-state index in [4.69, 9.17) is 23.7 Å². The van der Waals surface area contributed by atoms with E-state index >= 15 is 0 Å². The van der Waals surface area contributed by atoms with Crippen LogP contribution in [0.4, 0.5) is 0 Å². The first kappa shape index (κ1) is 33.3. The molecule has 2 heterocycles. The van der Waals surface area contributed by atoms with Crippen LogP contribution in [0.5, 0.6) is 23.0 Å². The number of hydrogen-bond acceptors (Lipinski definition) is 16. The Morgan fingerprint density at radius 1 is 0.841 bits per heavy atom. The predicted molar refractivity (Wildman–Crippen MR) is 144 cm³/mol. The number of carbonyl (C=O) groups excluding carboxylic acids is 1. The summed E-state index contributed by atoms with van der Waals surface area (Å²) in [7, 11) is 0. The van der Waals surface area contributed by atoms with Gasteiger partial charge in [-0.2, -0.15) is 0 Å². The molecular formula is C28H34O16. The van der Waals surface area contributed by atoms with Gasteiger partial charge in [0.25, 0.3) is 0 Å². The van der Waals surface area contributed by atoms with Gasteiger partial charge in [-0.05, 0) is 41.5 Å². The number of aliphatic hydroxyl groups excluding tert-OH is 6. The number of phenols is 4. The summed E-state index contributed by atoms with van der Waals surface area (Å²) in [6.45, 7) is -1.45. The molecule has 0 spiro atoms. The highest BCUT2D eigenvalue weighted by Crippen LogP contribution is 2.30. The minimum atomic E-state index is -1.84. The topological polar surface area (TPSA) is 266 Å². The van der Waals surface area contributed by atoms with Crippen molar-refractivity contribution in [3.63, 3.8) is 0 Å². The lowest BCUT2D eigenvalue weighted by atomic mass is 9.98. The van der Waals surface area contributed by atoms with Crippen LogP contribution in [0.2, 0.25) is 0 Å². The van der Waals surface area contributed by atoms with E-state index < -0.39 is 97.8 Å². The van der Waals surface area contributed by atoms with Crippen molar-refractivity contribution < 1.29 is 79.5 Å². The van der Waals surface area contributed by atoms with Crippen molar-refractivity contribution in [3.05, 3.63) is 53.6 Å². The zero-order valence-electron chi connectivity index (χ0n) is 22.9. The summed E-state index contributed by atoms with van der Waals surface area (Å²) in [5.74, 6) is -2.72. The van der Waals surface area contributed by atoms with E-state index in [1.807, 2.05) is 0 Å². The Hall–Kier alpha value is -3.55. The molecule has 2 saturated heterocycles. The SMILES string of the molecule is O=C(C=Cc1ccc(O)c(O)c1)O[C@@H]1[C@H](O)[C@@H](O)[C@H](OC[C@@H](O)c2ccc(O)c(O)c2)O[C@@H]1CO[C@H]1OC[C@@H](O)[C@H](O)[C@H]1O. The predicted octanol–water partition coefficient (Wildman–Crippen LogP) is -1.91. The number of phenolic OH excluding ortho intramolecular Hbond substituents is 4. The van der Waals surface area contributed by atoms with E-state index in [0.29, 0.717) is 5.56 Å². The summed E-state index contributed by atoms with van der Waals surface area (Å²) in [6.07, 6.45) is -13.5. The second-order valence-electron chi connectivity index (χ2n) is 10.2. The van der Waals surface area contributed by atoms with Crippen LogP contribution in [0.1, 0.15) is 17.2 Å². The largest absolute Gasteiger partial charge is 0.504 e. The fourth-order valence-corrected chi connectivity index (χ4v) is 4.45. The Morgan fingerprint density at radius 2 is 1.50 bits per heavy atom. The van der Waals surface area contributed by atoms with Crippen LogP contribution in [0.15, 0.2) is 42.5 Å². The minimum absolute atomic E-state index is 0.149. The molecule has 16 nitrogen and oxygen atoms in total. The molecule has 2 aromatic carbocycles. The van der Waals surface area contributed by atoms with Crippen LogP contribution in [0.3, 0.4) is 0 Å². The van der Waals surface area contributed by atoms with Gasteiger partial charge in [0.05, 0.1) is 19.8 Å². The van der Waals surface area contributed by atoms with Gasteiger partial charge in [0.1, 0.15) is 42.7 Å². The van der Waals surface area contributed by atoms with Crippen LogP contribution in [0, 0.1) is 0 Å². The molecule has 16 heteroatoms. The molecule has 2 aliphatic heterocycles. The molecule has 0 amide bonds. The lowest BCUT2D eigenvalue weighted by Gasteiger charge is -2.42. The van der Waals surface area contributed by atoms with Crippen LogP contribution < -0.4 is 0 Å². The quantitative estimate of drug-likeness (QED) is 0.0783. The maximum absolute atomic E-state index is 12.6. The van der Waals surface area contributed by atoms with Gasteiger partial charge in [-0.3, -0.25) is 0 Å². The Kier molecular flexibility index (Phi) is 11.0. The second-order valence-corrected chi connectivity index (χ2v) is 10.2. The van der Waals surface area contributed by atoms with Crippen molar-refractivity contribution in [1.29, 1.82) is 0 Å². The van der Waals surface area contributed by atoms with Gasteiger partial charge in [0.2, 0.25) is 0 Å². The normalized spacial score (nSPS) is 31.5. The van der Waals surface area contributed by atoms with Gasteiger partial charge in [-0.15, -0.1) is 0 Å². The number of aromatic hydroxyl groups is 4. The van der Waals surface area contributed by atoms with Gasteiger partial charge in [-0.25, -0.2) is 4.79 Å². The van der Waals surface area contributed by atoms with Crippen LogP contribution in [-0.4, -0.2) is 132 Å². The van der Waals surface area contributed by atoms with Crippen molar-refractivity contribution >= 4 is 12.0 Å². The van der Waals surface area contributed by atoms with Crippen LogP contribution in [0.25, 0.3) is 6.08 Å². The monoisotopic (exact) mass is 626 g/mol. The van der Waals surface area contributed by atoms with E-state index in [1.54, 1.807) is 0 Å². The minimum Gasteiger partial charge on any atom is -0.504 e. The lowest BCUT2D eigenvalue weighted by Crippen LogP contribution is -2.61. The van der Waals surface area contributed by atoms with E-state index in [2.05, 4.69) is 0 Å². The molecule has 0 radical (unpaired) electrons. The standard InChI is InChI=1S/C28H34O16/c29-14-4-1-12(7-16(14)31)2-6-21(35)44-26-20(11-42-27-24(38)22(36)19(34)10-40-27)43-28(25(39)23(26)37)41-9-18(33)13-3-5-15(30)17(32)8-13/h1-8,18-20,22-34,36-39H,9-11H2/t18-,19-,20-,22+,23-,24-,25-,26+,27-,28-/m1/s1. The molecular weight excluding hydrogens is 592 g/mol. The smallest absolute Gasteiger partial charge is 0.331 e. The molecule has 0 unspecified atom stereocenters. The molecule has 10 atom stereocenters. The summed E-state index contributed by atoms with van der Waals surface area (Å²) < 4.78 is 27.2. The molecule has 44 heavy (non-hydrogen) atoms. The van der Waals surface area contributed by atoms with Crippen LogP contribution >= 0.6 is 0 Å². The average Bonchev–Trinajstić information content (AvgIpc) is 2.99. The molecule has 0 bridgehead atoms. The third-order valence-corrected chi connectivity index (χ3v) is 6.99. The average molecular weight is 627 g/mol. The summed E-state index contributed by atoms with van der Waals surface area (Å²) in [6, 6.07) is 7.32. The Labute approximate surface area is 249 Å². The molecule has 242 valence electrons. The van der Waals surface area contributed by atoms with Gasteiger partial charge in [-0.1, -0.05) is 12.1 Å². The molecule has 0 aliphatic carbocycles. The van der Waals surface area contributed by atoms with E-state index in [0.717, 1.165) is 18.2 Å². The molecule has 2 aromatic rings. The van der Waals surface area contributed by atoms with Crippen molar-refractivity contribution in [1.82, 2.24) is 0 Å². The number of ether oxygens (including phenoxy) is 5.